The van der Waals surface area contributed by atoms with Gasteiger partial charge in [-0.2, -0.15) is 0 Å². The molecule has 0 spiro atoms. The molecule has 0 radical (unpaired) electrons. The molecule has 0 bridgehead atoms. The lowest BCUT2D eigenvalue weighted by Gasteiger charge is -2.17. The number of hydrogen-bond acceptors (Lipinski definition) is 3. The number of ether oxygens (including phenoxy) is 1. The molecule has 0 heterocycles. The molecular weight excluding hydrogens is 258 g/mol. The minimum atomic E-state index is -0.567. The summed E-state index contributed by atoms with van der Waals surface area (Å²) < 4.78 is 6.19. The van der Waals surface area contributed by atoms with Crippen LogP contribution in [-0.4, -0.2) is 18.8 Å². The van der Waals surface area contributed by atoms with Crippen molar-refractivity contribution < 1.29 is 9.84 Å². The fraction of sp³-hybridized carbons (Fsp3) is 0.455. The standard InChI is InChI=1S/C11H16BrNO2/c1-7-8(12)3-4-10(15-2)11(7)9(14)5-6-13/h3-4,9,14H,5-6,13H2,1-2H3. The first-order valence-electron chi connectivity index (χ1n) is 4.83. The molecule has 4 heteroatoms. The van der Waals surface area contributed by atoms with Crippen molar-refractivity contribution in [1.29, 1.82) is 0 Å². The number of hydrogen-bond donors (Lipinski definition) is 2. The van der Waals surface area contributed by atoms with Crippen LogP contribution in [0.15, 0.2) is 16.6 Å². The molecule has 0 aliphatic heterocycles. The Kier molecular flexibility index (Phi) is 4.57. The Labute approximate surface area is 98.4 Å². The highest BCUT2D eigenvalue weighted by molar-refractivity contribution is 9.10. The normalized spacial score (nSPS) is 12.6. The predicted molar refractivity (Wildman–Crippen MR) is 64.1 cm³/mol. The summed E-state index contributed by atoms with van der Waals surface area (Å²) >= 11 is 3.43. The summed E-state index contributed by atoms with van der Waals surface area (Å²) in [7, 11) is 1.60. The summed E-state index contributed by atoms with van der Waals surface area (Å²) in [5, 5.41) is 9.96. The topological polar surface area (TPSA) is 55.5 Å². The molecule has 0 aliphatic rings. The molecule has 1 unspecified atom stereocenters. The summed E-state index contributed by atoms with van der Waals surface area (Å²) in [6, 6.07) is 3.75. The van der Waals surface area contributed by atoms with Crippen LogP contribution in [0.25, 0.3) is 0 Å². The summed E-state index contributed by atoms with van der Waals surface area (Å²) in [6.45, 7) is 2.40. The van der Waals surface area contributed by atoms with Gasteiger partial charge in [-0.3, -0.25) is 0 Å². The number of methoxy groups -OCH3 is 1. The van der Waals surface area contributed by atoms with Crippen molar-refractivity contribution in [3.05, 3.63) is 27.7 Å². The maximum atomic E-state index is 9.96. The van der Waals surface area contributed by atoms with E-state index in [0.717, 1.165) is 15.6 Å². The Balaban J connectivity index is 3.17. The molecule has 1 atom stereocenters. The summed E-state index contributed by atoms with van der Waals surface area (Å²) in [5.74, 6) is 0.705. The second kappa shape index (κ2) is 5.49. The third-order valence-corrected chi connectivity index (χ3v) is 3.26. The molecule has 0 amide bonds. The van der Waals surface area contributed by atoms with Crippen molar-refractivity contribution in [2.24, 2.45) is 5.73 Å². The third-order valence-electron chi connectivity index (χ3n) is 2.40. The maximum Gasteiger partial charge on any atom is 0.125 e. The molecule has 1 aromatic carbocycles. The fourth-order valence-electron chi connectivity index (χ4n) is 1.57. The van der Waals surface area contributed by atoms with Gasteiger partial charge in [-0.15, -0.1) is 0 Å². The summed E-state index contributed by atoms with van der Waals surface area (Å²) in [4.78, 5) is 0. The molecular formula is C11H16BrNO2. The largest absolute Gasteiger partial charge is 0.496 e. The first kappa shape index (κ1) is 12.5. The van der Waals surface area contributed by atoms with E-state index in [0.29, 0.717) is 18.7 Å². The Morgan fingerprint density at radius 1 is 1.53 bits per heavy atom. The second-order valence-electron chi connectivity index (χ2n) is 3.38. The minimum absolute atomic E-state index is 0.455. The lowest BCUT2D eigenvalue weighted by Crippen LogP contribution is -2.09. The number of benzene rings is 1. The molecule has 0 aromatic heterocycles. The molecule has 3 nitrogen and oxygen atoms in total. The van der Waals surface area contributed by atoms with Crippen LogP contribution in [0.2, 0.25) is 0 Å². The van der Waals surface area contributed by atoms with Gasteiger partial charge in [0.1, 0.15) is 5.75 Å². The van der Waals surface area contributed by atoms with Crippen molar-refractivity contribution in [1.82, 2.24) is 0 Å². The highest BCUT2D eigenvalue weighted by atomic mass is 79.9. The predicted octanol–water partition coefficient (Wildman–Crippen LogP) is 2.15. The molecule has 3 N–H and O–H groups in total. The van der Waals surface area contributed by atoms with Gasteiger partial charge < -0.3 is 15.6 Å². The average Bonchev–Trinajstić information content (AvgIpc) is 2.22. The third kappa shape index (κ3) is 2.71. The van der Waals surface area contributed by atoms with Crippen molar-refractivity contribution in [3.63, 3.8) is 0 Å². The van der Waals surface area contributed by atoms with Crippen LogP contribution in [0.1, 0.15) is 23.7 Å². The monoisotopic (exact) mass is 273 g/mol. The zero-order valence-electron chi connectivity index (χ0n) is 8.96. The van der Waals surface area contributed by atoms with E-state index in [1.54, 1.807) is 7.11 Å². The minimum Gasteiger partial charge on any atom is -0.496 e. The fourth-order valence-corrected chi connectivity index (χ4v) is 1.92. The number of aliphatic hydroxyl groups excluding tert-OH is 1. The SMILES string of the molecule is COc1ccc(Br)c(C)c1C(O)CCN. The highest BCUT2D eigenvalue weighted by Gasteiger charge is 2.16. The lowest BCUT2D eigenvalue weighted by atomic mass is 10.00. The van der Waals surface area contributed by atoms with E-state index in [1.807, 2.05) is 19.1 Å². The van der Waals surface area contributed by atoms with Gasteiger partial charge in [0, 0.05) is 10.0 Å². The highest BCUT2D eigenvalue weighted by Crippen LogP contribution is 2.34. The van der Waals surface area contributed by atoms with Crippen LogP contribution in [0.4, 0.5) is 0 Å². The Bertz CT molecular complexity index is 342. The Hall–Kier alpha value is -0.580. The number of nitrogens with two attached hydrogens (primary N) is 1. The maximum absolute atomic E-state index is 9.96. The van der Waals surface area contributed by atoms with Crippen LogP contribution in [0.3, 0.4) is 0 Å². The molecule has 0 aliphatic carbocycles. The smallest absolute Gasteiger partial charge is 0.125 e. The van der Waals surface area contributed by atoms with Crippen molar-refractivity contribution in [3.8, 4) is 5.75 Å². The number of rotatable bonds is 4. The number of aliphatic hydroxyl groups is 1. The van der Waals surface area contributed by atoms with E-state index in [9.17, 15) is 5.11 Å². The van der Waals surface area contributed by atoms with Crippen LogP contribution < -0.4 is 10.5 Å². The Morgan fingerprint density at radius 3 is 2.73 bits per heavy atom. The zero-order chi connectivity index (χ0) is 11.4. The van der Waals surface area contributed by atoms with Crippen molar-refractivity contribution in [2.75, 3.05) is 13.7 Å². The van der Waals surface area contributed by atoms with Gasteiger partial charge >= 0.3 is 0 Å². The van der Waals surface area contributed by atoms with Crippen LogP contribution in [0.5, 0.6) is 5.75 Å². The lowest BCUT2D eigenvalue weighted by molar-refractivity contribution is 0.165. The van der Waals surface area contributed by atoms with Gasteiger partial charge in [-0.25, -0.2) is 0 Å². The average molecular weight is 274 g/mol. The molecule has 0 saturated heterocycles. The molecule has 15 heavy (non-hydrogen) atoms. The second-order valence-corrected chi connectivity index (χ2v) is 4.24. The van der Waals surface area contributed by atoms with E-state index in [2.05, 4.69) is 15.9 Å². The quantitative estimate of drug-likeness (QED) is 0.884. The summed E-state index contributed by atoms with van der Waals surface area (Å²) in [5.41, 5.74) is 7.25. The van der Waals surface area contributed by atoms with Gasteiger partial charge in [-0.1, -0.05) is 15.9 Å². The van der Waals surface area contributed by atoms with Crippen LogP contribution >= 0.6 is 15.9 Å². The first-order chi connectivity index (χ1) is 7.11. The molecule has 0 fully saturated rings. The van der Waals surface area contributed by atoms with Crippen LogP contribution in [0, 0.1) is 6.92 Å². The molecule has 1 rings (SSSR count). The van der Waals surface area contributed by atoms with Gasteiger partial charge in [0.15, 0.2) is 0 Å². The van der Waals surface area contributed by atoms with E-state index in [1.165, 1.54) is 0 Å². The Morgan fingerprint density at radius 2 is 2.20 bits per heavy atom. The van der Waals surface area contributed by atoms with Crippen molar-refractivity contribution >= 4 is 15.9 Å². The van der Waals surface area contributed by atoms with Crippen molar-refractivity contribution in [2.45, 2.75) is 19.4 Å². The van der Waals surface area contributed by atoms with E-state index in [-0.39, 0.29) is 0 Å². The van der Waals surface area contributed by atoms with E-state index < -0.39 is 6.10 Å². The molecule has 0 saturated carbocycles. The zero-order valence-corrected chi connectivity index (χ0v) is 10.5. The summed E-state index contributed by atoms with van der Waals surface area (Å²) in [6.07, 6.45) is -0.0318. The molecule has 1 aromatic rings. The van der Waals surface area contributed by atoms with Gasteiger partial charge in [-0.05, 0) is 37.6 Å². The van der Waals surface area contributed by atoms with Gasteiger partial charge in [0.25, 0.3) is 0 Å². The van der Waals surface area contributed by atoms with Gasteiger partial charge in [0.05, 0.1) is 13.2 Å². The van der Waals surface area contributed by atoms with E-state index in [4.69, 9.17) is 10.5 Å². The molecule has 84 valence electrons. The first-order valence-corrected chi connectivity index (χ1v) is 5.62. The van der Waals surface area contributed by atoms with Gasteiger partial charge in [0.2, 0.25) is 0 Å². The van der Waals surface area contributed by atoms with Crippen LogP contribution in [-0.2, 0) is 0 Å². The van der Waals surface area contributed by atoms with E-state index >= 15 is 0 Å². The number of halogens is 1.